The van der Waals surface area contributed by atoms with Gasteiger partial charge in [0, 0.05) is 26.2 Å². The van der Waals surface area contributed by atoms with Crippen LogP contribution in [0.1, 0.15) is 27.7 Å². The van der Waals surface area contributed by atoms with E-state index in [-0.39, 0.29) is 26.2 Å². The van der Waals surface area contributed by atoms with Crippen LogP contribution in [0, 0.1) is 0 Å². The third kappa shape index (κ3) is 9.96. The van der Waals surface area contributed by atoms with Gasteiger partial charge in [0.25, 0.3) is 0 Å². The van der Waals surface area contributed by atoms with Crippen molar-refractivity contribution in [2.24, 2.45) is 0 Å². The Morgan fingerprint density at radius 2 is 1.12 bits per heavy atom. The molecule has 0 radical (unpaired) electrons. The van der Waals surface area contributed by atoms with Crippen molar-refractivity contribution in [3.63, 3.8) is 0 Å². The molecule has 8 heavy (non-hydrogen) atoms. The average Bonchev–Trinajstić information content (AvgIpc) is 1.27. The van der Waals surface area contributed by atoms with Gasteiger partial charge in [-0.05, 0) is 27.7 Å². The van der Waals surface area contributed by atoms with Crippen molar-refractivity contribution in [1.82, 2.24) is 0 Å². The summed E-state index contributed by atoms with van der Waals surface area (Å²) in [7, 11) is 0. The maximum absolute atomic E-state index is 5.25. The van der Waals surface area contributed by atoms with Crippen LogP contribution in [0.5, 0.6) is 0 Å². The summed E-state index contributed by atoms with van der Waals surface area (Å²) >= 11 is 0. The Balaban J connectivity index is 0. The van der Waals surface area contributed by atoms with Gasteiger partial charge in [0.2, 0.25) is 0 Å². The molecule has 0 N–H and O–H groups in total. The fourth-order valence-electron chi connectivity index (χ4n) is 0.544. The molecule has 2 heteroatoms. The molecule has 0 spiro atoms. The Labute approximate surface area is 70.9 Å². The predicted molar refractivity (Wildman–Crippen MR) is 31.4 cm³/mol. The first-order valence-corrected chi connectivity index (χ1v) is 2.78. The van der Waals surface area contributed by atoms with Gasteiger partial charge in [-0.25, -0.2) is 0 Å². The molecule has 0 aliphatic carbocycles. The van der Waals surface area contributed by atoms with E-state index >= 15 is 0 Å². The summed E-state index contributed by atoms with van der Waals surface area (Å²) in [5.41, 5.74) is 0. The summed E-state index contributed by atoms with van der Waals surface area (Å²) in [5, 5.41) is 0. The molecule has 0 saturated heterocycles. The first kappa shape index (κ1) is 11.6. The Hall–Kier alpha value is 0.843. The summed E-state index contributed by atoms with van der Waals surface area (Å²) in [5.74, 6) is 0. The third-order valence-electron chi connectivity index (χ3n) is 0.544. The maximum atomic E-state index is 5.25. The summed E-state index contributed by atoms with van der Waals surface area (Å²) in [6.45, 7) is 8.17. The van der Waals surface area contributed by atoms with Gasteiger partial charge in [0.05, 0.1) is 12.2 Å². The molecule has 0 unspecified atom stereocenters. The van der Waals surface area contributed by atoms with Crippen molar-refractivity contribution < 1.29 is 30.9 Å². The van der Waals surface area contributed by atoms with Crippen LogP contribution in [0.15, 0.2) is 0 Å². The molecule has 0 aliphatic rings. The van der Waals surface area contributed by atoms with Gasteiger partial charge in [-0.2, -0.15) is 0 Å². The summed E-state index contributed by atoms with van der Waals surface area (Å²) < 4.78 is 5.25. The van der Waals surface area contributed by atoms with E-state index < -0.39 is 0 Å². The van der Waals surface area contributed by atoms with Crippen LogP contribution in [-0.2, 0) is 30.9 Å². The second kappa shape index (κ2) is 5.97. The molecular weight excluding hydrogens is 179 g/mol. The Kier molecular flexibility index (Phi) is 8.67. The Bertz CT molecular complexity index is 37.8. The van der Waals surface area contributed by atoms with Crippen LogP contribution >= 0.6 is 0 Å². The number of hydrogen-bond donors (Lipinski definition) is 0. The molecule has 0 aromatic carbocycles. The zero-order chi connectivity index (χ0) is 5.86. The number of ether oxygens (including phenoxy) is 1. The van der Waals surface area contributed by atoms with Crippen LogP contribution in [0.2, 0.25) is 0 Å². The second-order valence-electron chi connectivity index (χ2n) is 2.23. The molecular formula is C6H14OZr. The molecule has 0 fully saturated rings. The minimum atomic E-state index is 0. The van der Waals surface area contributed by atoms with E-state index in [9.17, 15) is 0 Å². The third-order valence-corrected chi connectivity index (χ3v) is 0.544. The van der Waals surface area contributed by atoms with Crippen LogP contribution in [0.3, 0.4) is 0 Å². The van der Waals surface area contributed by atoms with E-state index in [2.05, 4.69) is 0 Å². The summed E-state index contributed by atoms with van der Waals surface area (Å²) in [4.78, 5) is 0. The van der Waals surface area contributed by atoms with Crippen LogP contribution in [0.25, 0.3) is 0 Å². The van der Waals surface area contributed by atoms with Crippen molar-refractivity contribution in [3.05, 3.63) is 0 Å². The SMILES string of the molecule is CC(C)OC(C)C.[Zr]. The smallest absolute Gasteiger partial charge is 0.0522 e. The Morgan fingerprint density at radius 3 is 1.12 bits per heavy atom. The monoisotopic (exact) mass is 192 g/mol. The molecule has 0 heterocycles. The summed E-state index contributed by atoms with van der Waals surface area (Å²) in [6.07, 6.45) is 0.750. The van der Waals surface area contributed by atoms with Crippen molar-refractivity contribution in [3.8, 4) is 0 Å². The van der Waals surface area contributed by atoms with E-state index in [1.54, 1.807) is 0 Å². The van der Waals surface area contributed by atoms with Crippen molar-refractivity contribution in [2.75, 3.05) is 0 Å². The Morgan fingerprint density at radius 1 is 0.875 bits per heavy atom. The average molecular weight is 193 g/mol. The van der Waals surface area contributed by atoms with E-state index in [4.69, 9.17) is 4.74 Å². The van der Waals surface area contributed by atoms with Crippen LogP contribution < -0.4 is 0 Å². The normalized spacial score (nSPS) is 9.75. The van der Waals surface area contributed by atoms with Gasteiger partial charge in [-0.3, -0.25) is 0 Å². The second-order valence-corrected chi connectivity index (χ2v) is 2.23. The number of hydrogen-bond acceptors (Lipinski definition) is 1. The molecule has 0 aliphatic heterocycles. The first-order chi connectivity index (χ1) is 3.13. The van der Waals surface area contributed by atoms with Crippen LogP contribution in [0.4, 0.5) is 0 Å². The van der Waals surface area contributed by atoms with Crippen molar-refractivity contribution in [2.45, 2.75) is 39.9 Å². The largest absolute Gasteiger partial charge is 0.376 e. The minimum absolute atomic E-state index is 0. The van der Waals surface area contributed by atoms with E-state index in [0.29, 0.717) is 12.2 Å². The van der Waals surface area contributed by atoms with Gasteiger partial charge in [0.15, 0.2) is 0 Å². The first-order valence-electron chi connectivity index (χ1n) is 2.78. The molecule has 1 nitrogen and oxygen atoms in total. The molecule has 0 bridgehead atoms. The van der Waals surface area contributed by atoms with E-state index in [1.165, 1.54) is 0 Å². The predicted octanol–water partition coefficient (Wildman–Crippen LogP) is 1.82. The summed E-state index contributed by atoms with van der Waals surface area (Å²) in [6, 6.07) is 0. The van der Waals surface area contributed by atoms with Gasteiger partial charge < -0.3 is 4.74 Å². The van der Waals surface area contributed by atoms with Gasteiger partial charge in [-0.15, -0.1) is 0 Å². The molecule has 0 saturated carbocycles. The zero-order valence-electron chi connectivity index (χ0n) is 6.06. The molecule has 0 aromatic rings. The zero-order valence-corrected chi connectivity index (χ0v) is 8.52. The fourth-order valence-corrected chi connectivity index (χ4v) is 0.544. The molecule has 0 amide bonds. The standard InChI is InChI=1S/C6H14O.Zr/c1-5(2)7-6(3)4;/h5-6H,1-4H3;. The molecule has 0 aromatic heterocycles. The fraction of sp³-hybridized carbons (Fsp3) is 1.00. The van der Waals surface area contributed by atoms with Crippen molar-refractivity contribution in [1.29, 1.82) is 0 Å². The quantitative estimate of drug-likeness (QED) is 0.650. The molecule has 48 valence electrons. The van der Waals surface area contributed by atoms with Crippen molar-refractivity contribution >= 4 is 0 Å². The number of rotatable bonds is 2. The van der Waals surface area contributed by atoms with Gasteiger partial charge >= 0.3 is 0 Å². The van der Waals surface area contributed by atoms with Crippen LogP contribution in [-0.4, -0.2) is 12.2 Å². The minimum Gasteiger partial charge on any atom is -0.376 e. The van der Waals surface area contributed by atoms with E-state index in [0.717, 1.165) is 0 Å². The van der Waals surface area contributed by atoms with Gasteiger partial charge in [0.1, 0.15) is 0 Å². The molecule has 0 atom stereocenters. The van der Waals surface area contributed by atoms with Gasteiger partial charge in [-0.1, -0.05) is 0 Å². The maximum Gasteiger partial charge on any atom is 0.0522 e. The topological polar surface area (TPSA) is 9.23 Å². The van der Waals surface area contributed by atoms with E-state index in [1.807, 2.05) is 27.7 Å². The molecule has 0 rings (SSSR count).